The molecule has 23 heavy (non-hydrogen) atoms. The SMILES string of the molecule is CC(C)(C)OOC(=O)c1ccccc1.O=C(O)c1ccccc1. The number of rotatable bonds is 3. The van der Waals surface area contributed by atoms with E-state index in [-0.39, 0.29) is 0 Å². The molecule has 2 rings (SSSR count). The fourth-order valence-electron chi connectivity index (χ4n) is 1.37. The largest absolute Gasteiger partial charge is 0.478 e. The van der Waals surface area contributed by atoms with Gasteiger partial charge in [-0.05, 0) is 45.0 Å². The summed E-state index contributed by atoms with van der Waals surface area (Å²) in [6, 6.07) is 17.0. The first-order chi connectivity index (χ1) is 10.8. The van der Waals surface area contributed by atoms with Crippen molar-refractivity contribution in [1.29, 1.82) is 0 Å². The fourth-order valence-corrected chi connectivity index (χ4v) is 1.37. The zero-order chi connectivity index (χ0) is 17.3. The molecule has 0 fully saturated rings. The van der Waals surface area contributed by atoms with Crippen molar-refractivity contribution in [3.8, 4) is 0 Å². The van der Waals surface area contributed by atoms with Gasteiger partial charge in [0.1, 0.15) is 5.60 Å². The third-order valence-electron chi connectivity index (χ3n) is 2.40. The van der Waals surface area contributed by atoms with Crippen LogP contribution in [0.15, 0.2) is 60.7 Å². The molecular weight excluding hydrogens is 296 g/mol. The van der Waals surface area contributed by atoms with Gasteiger partial charge >= 0.3 is 11.9 Å². The van der Waals surface area contributed by atoms with Gasteiger partial charge in [-0.1, -0.05) is 36.4 Å². The number of aromatic carboxylic acids is 1. The monoisotopic (exact) mass is 316 g/mol. The molecule has 0 atom stereocenters. The van der Waals surface area contributed by atoms with Crippen molar-refractivity contribution >= 4 is 11.9 Å². The van der Waals surface area contributed by atoms with Gasteiger partial charge in [0.2, 0.25) is 0 Å². The second-order valence-electron chi connectivity index (χ2n) is 5.60. The lowest BCUT2D eigenvalue weighted by Crippen LogP contribution is -2.21. The van der Waals surface area contributed by atoms with E-state index >= 15 is 0 Å². The Morgan fingerprint density at radius 1 is 0.826 bits per heavy atom. The van der Waals surface area contributed by atoms with E-state index in [0.29, 0.717) is 11.1 Å². The number of hydrogen-bond donors (Lipinski definition) is 1. The normalized spacial score (nSPS) is 10.2. The van der Waals surface area contributed by atoms with Crippen LogP contribution in [0.3, 0.4) is 0 Å². The van der Waals surface area contributed by atoms with Crippen LogP contribution >= 0.6 is 0 Å². The van der Waals surface area contributed by atoms with Crippen molar-refractivity contribution in [1.82, 2.24) is 0 Å². The van der Waals surface area contributed by atoms with Crippen LogP contribution in [0.5, 0.6) is 0 Å². The minimum atomic E-state index is -0.879. The lowest BCUT2D eigenvalue weighted by atomic mass is 10.2. The summed E-state index contributed by atoms with van der Waals surface area (Å²) in [4.78, 5) is 31.1. The Morgan fingerprint density at radius 3 is 1.61 bits per heavy atom. The first-order valence-electron chi connectivity index (χ1n) is 7.03. The molecule has 0 aliphatic carbocycles. The van der Waals surface area contributed by atoms with Gasteiger partial charge in [0, 0.05) is 0 Å². The van der Waals surface area contributed by atoms with Gasteiger partial charge in [-0.15, -0.1) is 0 Å². The first-order valence-corrected chi connectivity index (χ1v) is 7.03. The Morgan fingerprint density at radius 2 is 1.26 bits per heavy atom. The number of hydrogen-bond acceptors (Lipinski definition) is 4. The molecule has 2 aromatic rings. The number of carbonyl (C=O) groups is 2. The Bertz CT molecular complexity index is 615. The quantitative estimate of drug-likeness (QED) is 0.685. The summed E-state index contributed by atoms with van der Waals surface area (Å²) in [6.07, 6.45) is 0. The van der Waals surface area contributed by atoms with E-state index in [1.165, 1.54) is 0 Å². The van der Waals surface area contributed by atoms with Gasteiger partial charge in [0.25, 0.3) is 0 Å². The molecule has 0 bridgehead atoms. The lowest BCUT2D eigenvalue weighted by molar-refractivity contribution is -0.301. The maximum atomic E-state index is 11.3. The van der Waals surface area contributed by atoms with Gasteiger partial charge in [-0.25, -0.2) is 9.59 Å². The summed E-state index contributed by atoms with van der Waals surface area (Å²) in [5, 5.41) is 8.38. The van der Waals surface area contributed by atoms with Gasteiger partial charge in [0.05, 0.1) is 11.1 Å². The van der Waals surface area contributed by atoms with Crippen LogP contribution in [0.2, 0.25) is 0 Å². The predicted molar refractivity (Wildman–Crippen MR) is 86.1 cm³/mol. The van der Waals surface area contributed by atoms with Crippen LogP contribution < -0.4 is 0 Å². The number of carboxylic acid groups (broad SMARTS) is 1. The van der Waals surface area contributed by atoms with E-state index < -0.39 is 17.5 Å². The molecule has 122 valence electrons. The second-order valence-corrected chi connectivity index (χ2v) is 5.60. The van der Waals surface area contributed by atoms with Crippen LogP contribution in [-0.4, -0.2) is 22.6 Å². The van der Waals surface area contributed by atoms with Crippen molar-refractivity contribution in [3.05, 3.63) is 71.8 Å². The lowest BCUT2D eigenvalue weighted by Gasteiger charge is -2.16. The molecule has 0 aliphatic rings. The summed E-state index contributed by atoms with van der Waals surface area (Å²) in [6.45, 7) is 5.43. The molecule has 5 heteroatoms. The highest BCUT2D eigenvalue weighted by Crippen LogP contribution is 2.09. The highest BCUT2D eigenvalue weighted by atomic mass is 17.2. The van der Waals surface area contributed by atoms with E-state index in [1.807, 2.05) is 26.8 Å². The summed E-state index contributed by atoms with van der Waals surface area (Å²) in [5.41, 5.74) is 0.332. The highest BCUT2D eigenvalue weighted by Gasteiger charge is 2.16. The summed E-state index contributed by atoms with van der Waals surface area (Å²) < 4.78 is 0. The van der Waals surface area contributed by atoms with Crippen molar-refractivity contribution in [2.45, 2.75) is 26.4 Å². The highest BCUT2D eigenvalue weighted by molar-refractivity contribution is 5.88. The van der Waals surface area contributed by atoms with Crippen molar-refractivity contribution < 1.29 is 24.5 Å². The molecule has 0 unspecified atom stereocenters. The Hall–Kier alpha value is -2.66. The first kappa shape index (κ1) is 18.4. The Kier molecular flexibility index (Phi) is 6.96. The van der Waals surface area contributed by atoms with Crippen molar-refractivity contribution in [2.24, 2.45) is 0 Å². The summed E-state index contributed by atoms with van der Waals surface area (Å²) in [5.74, 6) is -1.35. The van der Waals surface area contributed by atoms with E-state index in [1.54, 1.807) is 54.6 Å². The molecule has 0 saturated heterocycles. The zero-order valence-electron chi connectivity index (χ0n) is 13.4. The zero-order valence-corrected chi connectivity index (χ0v) is 13.4. The smallest absolute Gasteiger partial charge is 0.373 e. The molecule has 0 spiro atoms. The van der Waals surface area contributed by atoms with E-state index in [4.69, 9.17) is 9.99 Å². The van der Waals surface area contributed by atoms with E-state index in [0.717, 1.165) is 0 Å². The summed E-state index contributed by atoms with van der Waals surface area (Å²) >= 11 is 0. The molecule has 0 amide bonds. The maximum absolute atomic E-state index is 11.3. The van der Waals surface area contributed by atoms with Gasteiger partial charge < -0.3 is 5.11 Å². The average molecular weight is 316 g/mol. The van der Waals surface area contributed by atoms with Crippen molar-refractivity contribution in [3.63, 3.8) is 0 Å². The van der Waals surface area contributed by atoms with E-state index in [2.05, 4.69) is 4.89 Å². The average Bonchev–Trinajstić information content (AvgIpc) is 2.54. The standard InChI is InChI=1S/C11H14O3.C7H6O2/c1-11(2,3)14-13-10(12)9-7-5-4-6-8-9;8-7(9)6-4-2-1-3-5-6/h4-8H,1-3H3;1-5H,(H,8,9). The van der Waals surface area contributed by atoms with Gasteiger partial charge in [-0.3, -0.25) is 4.89 Å². The predicted octanol–water partition coefficient (Wildman–Crippen LogP) is 3.96. The van der Waals surface area contributed by atoms with E-state index in [9.17, 15) is 9.59 Å². The molecule has 0 aliphatic heterocycles. The van der Waals surface area contributed by atoms with Crippen LogP contribution in [0, 0.1) is 0 Å². The number of carboxylic acids is 1. The molecule has 0 saturated carbocycles. The third kappa shape index (κ3) is 7.78. The molecule has 0 heterocycles. The molecular formula is C18H20O5. The maximum Gasteiger partial charge on any atom is 0.373 e. The minimum Gasteiger partial charge on any atom is -0.478 e. The van der Waals surface area contributed by atoms with Gasteiger partial charge in [0.15, 0.2) is 0 Å². The van der Waals surface area contributed by atoms with Gasteiger partial charge in [-0.2, -0.15) is 4.89 Å². The Balaban J connectivity index is 0.000000253. The van der Waals surface area contributed by atoms with Crippen LogP contribution in [0.1, 0.15) is 41.5 Å². The topological polar surface area (TPSA) is 72.8 Å². The third-order valence-corrected chi connectivity index (χ3v) is 2.40. The fraction of sp³-hybridized carbons (Fsp3) is 0.222. The molecule has 5 nitrogen and oxygen atoms in total. The van der Waals surface area contributed by atoms with Crippen molar-refractivity contribution in [2.75, 3.05) is 0 Å². The molecule has 2 aromatic carbocycles. The Labute approximate surface area is 135 Å². The summed E-state index contributed by atoms with van der Waals surface area (Å²) in [7, 11) is 0. The van der Waals surface area contributed by atoms with Crippen LogP contribution in [0.4, 0.5) is 0 Å². The molecule has 0 radical (unpaired) electrons. The second kappa shape index (κ2) is 8.70. The minimum absolute atomic E-state index is 0.331. The van der Waals surface area contributed by atoms with Crippen LogP contribution in [-0.2, 0) is 9.78 Å². The molecule has 1 N–H and O–H groups in total. The van der Waals surface area contributed by atoms with Crippen LogP contribution in [0.25, 0.3) is 0 Å². The molecule has 0 aromatic heterocycles. The number of benzene rings is 2. The number of carbonyl (C=O) groups excluding carboxylic acids is 1.